The third kappa shape index (κ3) is 3.42. The van der Waals surface area contributed by atoms with E-state index in [1.807, 2.05) is 24.3 Å². The van der Waals surface area contributed by atoms with Gasteiger partial charge in [-0.1, -0.05) is 51.8 Å². The van der Waals surface area contributed by atoms with Crippen molar-refractivity contribution in [3.63, 3.8) is 0 Å². The smallest absolute Gasteiger partial charge is 0.267 e. The Labute approximate surface area is 151 Å². The van der Waals surface area contributed by atoms with Crippen LogP contribution in [0, 0.1) is 0 Å². The Balaban J connectivity index is 1.77. The lowest BCUT2D eigenvalue weighted by Crippen LogP contribution is -2.41. The van der Waals surface area contributed by atoms with Gasteiger partial charge in [-0.15, -0.1) is 0 Å². The summed E-state index contributed by atoms with van der Waals surface area (Å²) in [5, 5.41) is 2.26. The van der Waals surface area contributed by atoms with Crippen LogP contribution in [0.5, 0.6) is 0 Å². The minimum absolute atomic E-state index is 0.388. The fourth-order valence-electron chi connectivity index (χ4n) is 2.32. The highest BCUT2D eigenvalue weighted by Crippen LogP contribution is 2.26. The van der Waals surface area contributed by atoms with Gasteiger partial charge < -0.3 is 0 Å². The van der Waals surface area contributed by atoms with E-state index in [1.165, 1.54) is 0 Å². The van der Waals surface area contributed by atoms with Crippen LogP contribution in [0.25, 0.3) is 10.8 Å². The lowest BCUT2D eigenvalue weighted by atomic mass is 10.0. The van der Waals surface area contributed by atoms with Crippen molar-refractivity contribution in [2.24, 2.45) is 0 Å². The predicted octanol–water partition coefficient (Wildman–Crippen LogP) is 4.33. The first kappa shape index (κ1) is 16.5. The standard InChI is InChI=1S/C18H12BrClN2O2/c19-16-6-2-3-13-14(16)4-1-5-15(13)18(24)22-21-17(23)11-7-9-12(20)10-8-11/h1-10H,(H,21,23)(H,22,24). The number of halogens is 2. The van der Waals surface area contributed by atoms with Crippen LogP contribution in [0.3, 0.4) is 0 Å². The second-order valence-corrected chi connectivity index (χ2v) is 6.35. The van der Waals surface area contributed by atoms with Crippen molar-refractivity contribution in [3.05, 3.63) is 81.3 Å². The van der Waals surface area contributed by atoms with Gasteiger partial charge in [0.15, 0.2) is 0 Å². The van der Waals surface area contributed by atoms with Crippen molar-refractivity contribution < 1.29 is 9.59 Å². The second-order valence-electron chi connectivity index (χ2n) is 5.06. The summed E-state index contributed by atoms with van der Waals surface area (Å²) < 4.78 is 0.903. The molecule has 0 spiro atoms. The molecule has 24 heavy (non-hydrogen) atoms. The van der Waals surface area contributed by atoms with Crippen molar-refractivity contribution in [1.29, 1.82) is 0 Å². The zero-order valence-corrected chi connectivity index (χ0v) is 14.7. The molecule has 0 aliphatic heterocycles. The van der Waals surface area contributed by atoms with E-state index in [2.05, 4.69) is 26.8 Å². The monoisotopic (exact) mass is 402 g/mol. The molecule has 0 aromatic heterocycles. The van der Waals surface area contributed by atoms with Gasteiger partial charge in [0.05, 0.1) is 0 Å². The van der Waals surface area contributed by atoms with Crippen molar-refractivity contribution in [2.75, 3.05) is 0 Å². The number of hydrogen-bond acceptors (Lipinski definition) is 2. The molecule has 0 saturated heterocycles. The van der Waals surface area contributed by atoms with Gasteiger partial charge >= 0.3 is 0 Å². The van der Waals surface area contributed by atoms with Gasteiger partial charge in [0.2, 0.25) is 0 Å². The Morgan fingerprint density at radius 2 is 1.42 bits per heavy atom. The molecule has 0 saturated carbocycles. The highest BCUT2D eigenvalue weighted by molar-refractivity contribution is 9.10. The minimum Gasteiger partial charge on any atom is -0.267 e. The normalized spacial score (nSPS) is 10.4. The predicted molar refractivity (Wildman–Crippen MR) is 98.0 cm³/mol. The number of fused-ring (bicyclic) bond motifs is 1. The number of hydrogen-bond donors (Lipinski definition) is 2. The van der Waals surface area contributed by atoms with E-state index in [1.54, 1.807) is 36.4 Å². The average Bonchev–Trinajstić information content (AvgIpc) is 2.60. The van der Waals surface area contributed by atoms with E-state index in [0.717, 1.165) is 15.2 Å². The van der Waals surface area contributed by atoms with Crippen LogP contribution in [0.1, 0.15) is 20.7 Å². The Kier molecular flexibility index (Phi) is 4.83. The molecule has 0 radical (unpaired) electrons. The first-order chi connectivity index (χ1) is 11.6. The molecule has 120 valence electrons. The summed E-state index contributed by atoms with van der Waals surface area (Å²) in [5.74, 6) is -0.803. The number of amides is 2. The average molecular weight is 404 g/mol. The van der Waals surface area contributed by atoms with E-state index in [4.69, 9.17) is 11.6 Å². The molecule has 0 unspecified atom stereocenters. The Morgan fingerprint density at radius 1 is 0.792 bits per heavy atom. The number of nitrogens with one attached hydrogen (secondary N) is 2. The number of carbonyl (C=O) groups excluding carboxylic acids is 2. The molecule has 0 fully saturated rings. The summed E-state index contributed by atoms with van der Waals surface area (Å²) in [6.07, 6.45) is 0. The van der Waals surface area contributed by atoms with Crippen LogP contribution in [-0.4, -0.2) is 11.8 Å². The van der Waals surface area contributed by atoms with Crippen molar-refractivity contribution in [2.45, 2.75) is 0 Å². The number of benzene rings is 3. The quantitative estimate of drug-likeness (QED) is 0.626. The number of hydrazine groups is 1. The Hall–Kier alpha value is -2.37. The van der Waals surface area contributed by atoms with E-state index in [-0.39, 0.29) is 5.91 Å². The van der Waals surface area contributed by atoms with Crippen molar-refractivity contribution >= 4 is 50.1 Å². The van der Waals surface area contributed by atoms with Crippen LogP contribution in [0.2, 0.25) is 5.02 Å². The van der Waals surface area contributed by atoms with Gasteiger partial charge in [-0.05, 0) is 47.2 Å². The highest BCUT2D eigenvalue weighted by atomic mass is 79.9. The fraction of sp³-hybridized carbons (Fsp3) is 0. The summed E-state index contributed by atoms with van der Waals surface area (Å²) in [6, 6.07) is 17.4. The van der Waals surface area contributed by atoms with Gasteiger partial charge in [-0.3, -0.25) is 20.4 Å². The minimum atomic E-state index is -0.415. The molecule has 4 nitrogen and oxygen atoms in total. The maximum absolute atomic E-state index is 12.4. The summed E-state index contributed by atoms with van der Waals surface area (Å²) in [5.41, 5.74) is 5.72. The van der Waals surface area contributed by atoms with E-state index >= 15 is 0 Å². The molecule has 2 amide bonds. The van der Waals surface area contributed by atoms with Gasteiger partial charge in [0.1, 0.15) is 0 Å². The SMILES string of the molecule is O=C(NNC(=O)c1cccc2c(Br)cccc12)c1ccc(Cl)cc1. The molecular formula is C18H12BrClN2O2. The largest absolute Gasteiger partial charge is 0.270 e. The highest BCUT2D eigenvalue weighted by Gasteiger charge is 2.12. The second kappa shape index (κ2) is 7.03. The summed E-state index contributed by atoms with van der Waals surface area (Å²) >= 11 is 9.25. The molecule has 0 aliphatic carbocycles. The first-order valence-electron chi connectivity index (χ1n) is 7.10. The van der Waals surface area contributed by atoms with Crippen LogP contribution >= 0.6 is 27.5 Å². The maximum Gasteiger partial charge on any atom is 0.270 e. The van der Waals surface area contributed by atoms with Crippen LogP contribution in [-0.2, 0) is 0 Å². The molecule has 0 heterocycles. The molecule has 3 aromatic carbocycles. The molecule has 0 aliphatic rings. The Bertz CT molecular complexity index is 926. The lowest BCUT2D eigenvalue weighted by Gasteiger charge is -2.10. The van der Waals surface area contributed by atoms with Gasteiger partial charge in [0.25, 0.3) is 11.8 Å². The molecule has 0 bridgehead atoms. The van der Waals surface area contributed by atoms with Crippen LogP contribution in [0.4, 0.5) is 0 Å². The topological polar surface area (TPSA) is 58.2 Å². The van der Waals surface area contributed by atoms with Crippen molar-refractivity contribution in [1.82, 2.24) is 10.9 Å². The zero-order chi connectivity index (χ0) is 17.1. The third-order valence-corrected chi connectivity index (χ3v) is 4.45. The van der Waals surface area contributed by atoms with E-state index < -0.39 is 5.91 Å². The number of carbonyl (C=O) groups is 2. The fourth-order valence-corrected chi connectivity index (χ4v) is 2.95. The summed E-state index contributed by atoms with van der Waals surface area (Å²) in [6.45, 7) is 0. The third-order valence-electron chi connectivity index (χ3n) is 3.51. The maximum atomic E-state index is 12.4. The van der Waals surface area contributed by atoms with E-state index in [0.29, 0.717) is 16.1 Å². The molecule has 0 atom stereocenters. The summed E-state index contributed by atoms with van der Waals surface area (Å²) in [4.78, 5) is 24.4. The zero-order valence-electron chi connectivity index (χ0n) is 12.3. The van der Waals surface area contributed by atoms with E-state index in [9.17, 15) is 9.59 Å². The molecular weight excluding hydrogens is 392 g/mol. The van der Waals surface area contributed by atoms with Crippen molar-refractivity contribution in [3.8, 4) is 0 Å². The van der Waals surface area contributed by atoms with Crippen LogP contribution in [0.15, 0.2) is 65.1 Å². The van der Waals surface area contributed by atoms with Gasteiger partial charge in [-0.25, -0.2) is 0 Å². The molecule has 3 aromatic rings. The summed E-state index contributed by atoms with van der Waals surface area (Å²) in [7, 11) is 0. The molecule has 2 N–H and O–H groups in total. The number of rotatable bonds is 2. The Morgan fingerprint density at radius 3 is 2.17 bits per heavy atom. The van der Waals surface area contributed by atoms with Gasteiger partial charge in [0, 0.05) is 20.6 Å². The van der Waals surface area contributed by atoms with Gasteiger partial charge in [-0.2, -0.15) is 0 Å². The van der Waals surface area contributed by atoms with Crippen LogP contribution < -0.4 is 10.9 Å². The molecule has 3 rings (SSSR count). The first-order valence-corrected chi connectivity index (χ1v) is 8.27. The molecule has 6 heteroatoms. The lowest BCUT2D eigenvalue weighted by molar-refractivity contribution is 0.0847.